The molecule has 138 valence electrons. The standard InChI is InChI=1S/C16H17F3N6O/c17-16(18,19)15-22-21-14-6-5-13(23-25(14)15)20-10-11(12-4-3-9-26-12)24-7-1-2-8-24/h3-6,9,11H,1-2,7-8,10H2,(H,20,23)/t11-/m0/s1. The molecule has 0 radical (unpaired) electrons. The van der Waals surface area contributed by atoms with Crippen LogP contribution >= 0.6 is 0 Å². The van der Waals surface area contributed by atoms with E-state index >= 15 is 0 Å². The minimum atomic E-state index is -4.61. The summed E-state index contributed by atoms with van der Waals surface area (Å²) >= 11 is 0. The topological polar surface area (TPSA) is 71.5 Å². The fourth-order valence-electron chi connectivity index (χ4n) is 3.20. The van der Waals surface area contributed by atoms with Crippen LogP contribution in [0.25, 0.3) is 5.65 Å². The Kier molecular flexibility index (Phi) is 4.27. The summed E-state index contributed by atoms with van der Waals surface area (Å²) in [6.45, 7) is 2.39. The van der Waals surface area contributed by atoms with Gasteiger partial charge in [-0.25, -0.2) is 0 Å². The molecule has 0 aliphatic carbocycles. The number of nitrogens with one attached hydrogen (secondary N) is 1. The predicted octanol–water partition coefficient (Wildman–Crippen LogP) is 2.99. The molecule has 0 aromatic carbocycles. The second kappa shape index (κ2) is 6.60. The summed E-state index contributed by atoms with van der Waals surface area (Å²) in [6, 6.07) is 6.77. The van der Waals surface area contributed by atoms with Gasteiger partial charge in [0.2, 0.25) is 0 Å². The molecule has 1 saturated heterocycles. The molecule has 1 atom stereocenters. The van der Waals surface area contributed by atoms with Gasteiger partial charge in [0.15, 0.2) is 5.65 Å². The molecule has 3 aromatic heterocycles. The maximum atomic E-state index is 13.0. The monoisotopic (exact) mass is 366 g/mol. The lowest BCUT2D eigenvalue weighted by Crippen LogP contribution is -2.31. The molecule has 0 amide bonds. The minimum absolute atomic E-state index is 0.00649. The molecule has 7 nitrogen and oxygen atoms in total. The van der Waals surface area contributed by atoms with Crippen molar-refractivity contribution in [2.45, 2.75) is 25.1 Å². The van der Waals surface area contributed by atoms with E-state index in [9.17, 15) is 13.2 Å². The number of likely N-dealkylation sites (tertiary alicyclic amines) is 1. The third-order valence-corrected chi connectivity index (χ3v) is 4.45. The normalized spacial score (nSPS) is 17.0. The Morgan fingerprint density at radius 2 is 1.96 bits per heavy atom. The molecule has 4 heterocycles. The average molecular weight is 366 g/mol. The van der Waals surface area contributed by atoms with Gasteiger partial charge in [-0.1, -0.05) is 0 Å². The lowest BCUT2D eigenvalue weighted by Gasteiger charge is -2.26. The van der Waals surface area contributed by atoms with Gasteiger partial charge < -0.3 is 9.73 Å². The predicted molar refractivity (Wildman–Crippen MR) is 86.5 cm³/mol. The minimum Gasteiger partial charge on any atom is -0.468 e. The zero-order valence-corrected chi connectivity index (χ0v) is 13.8. The number of alkyl halides is 3. The van der Waals surface area contributed by atoms with Gasteiger partial charge in [-0.2, -0.15) is 17.7 Å². The van der Waals surface area contributed by atoms with E-state index in [1.807, 2.05) is 12.1 Å². The van der Waals surface area contributed by atoms with Crippen molar-refractivity contribution in [3.63, 3.8) is 0 Å². The number of hydrogen-bond donors (Lipinski definition) is 1. The Labute approximate surface area is 146 Å². The molecule has 0 bridgehead atoms. The van der Waals surface area contributed by atoms with Crippen LogP contribution in [0.5, 0.6) is 0 Å². The number of anilines is 1. The second-order valence-electron chi connectivity index (χ2n) is 6.17. The van der Waals surface area contributed by atoms with E-state index in [-0.39, 0.29) is 11.7 Å². The molecule has 10 heteroatoms. The maximum Gasteiger partial charge on any atom is 0.453 e. The summed E-state index contributed by atoms with van der Waals surface area (Å²) in [7, 11) is 0. The Balaban J connectivity index is 1.56. The molecular formula is C16H17F3N6O. The van der Waals surface area contributed by atoms with Gasteiger partial charge in [0.25, 0.3) is 5.82 Å². The van der Waals surface area contributed by atoms with E-state index in [1.54, 1.807) is 12.3 Å². The number of hydrogen-bond acceptors (Lipinski definition) is 6. The molecule has 1 aliphatic rings. The van der Waals surface area contributed by atoms with Crippen molar-refractivity contribution in [1.82, 2.24) is 24.7 Å². The summed E-state index contributed by atoms with van der Waals surface area (Å²) in [5, 5.41) is 13.8. The van der Waals surface area contributed by atoms with Crippen LogP contribution in [0.4, 0.5) is 19.0 Å². The van der Waals surface area contributed by atoms with Crippen LogP contribution in [0, 0.1) is 0 Å². The number of aromatic nitrogens is 4. The van der Waals surface area contributed by atoms with Gasteiger partial charge in [-0.05, 0) is 50.2 Å². The Morgan fingerprint density at radius 1 is 1.15 bits per heavy atom. The van der Waals surface area contributed by atoms with Crippen LogP contribution in [0.1, 0.15) is 30.5 Å². The number of fused-ring (bicyclic) bond motifs is 1. The molecule has 1 aliphatic heterocycles. The number of nitrogens with zero attached hydrogens (tertiary/aromatic N) is 5. The highest BCUT2D eigenvalue weighted by Crippen LogP contribution is 2.28. The van der Waals surface area contributed by atoms with Gasteiger partial charge in [-0.3, -0.25) is 4.90 Å². The summed E-state index contributed by atoms with van der Waals surface area (Å²) in [4.78, 5) is 2.30. The van der Waals surface area contributed by atoms with E-state index in [0.29, 0.717) is 16.9 Å². The molecule has 1 N–H and O–H groups in total. The first-order valence-corrected chi connectivity index (χ1v) is 8.33. The van der Waals surface area contributed by atoms with Gasteiger partial charge in [0.1, 0.15) is 11.6 Å². The van der Waals surface area contributed by atoms with Gasteiger partial charge >= 0.3 is 6.18 Å². The summed E-state index contributed by atoms with van der Waals surface area (Å²) < 4.78 is 45.2. The van der Waals surface area contributed by atoms with Crippen LogP contribution in [-0.2, 0) is 6.18 Å². The van der Waals surface area contributed by atoms with Crippen molar-refractivity contribution in [1.29, 1.82) is 0 Å². The average Bonchev–Trinajstić information content (AvgIpc) is 3.36. The quantitative estimate of drug-likeness (QED) is 0.749. The molecule has 4 rings (SSSR count). The lowest BCUT2D eigenvalue weighted by molar-refractivity contribution is -0.146. The molecule has 0 saturated carbocycles. The second-order valence-corrected chi connectivity index (χ2v) is 6.17. The number of furan rings is 1. The molecular weight excluding hydrogens is 349 g/mol. The van der Waals surface area contributed by atoms with Crippen LogP contribution in [0.3, 0.4) is 0 Å². The van der Waals surface area contributed by atoms with Crippen LogP contribution in [0.15, 0.2) is 34.9 Å². The van der Waals surface area contributed by atoms with E-state index in [1.165, 1.54) is 6.07 Å². The number of halogens is 3. The highest BCUT2D eigenvalue weighted by molar-refractivity contribution is 5.44. The zero-order valence-electron chi connectivity index (χ0n) is 13.8. The summed E-state index contributed by atoms with van der Waals surface area (Å²) in [5.74, 6) is -0.00223. The highest BCUT2D eigenvalue weighted by atomic mass is 19.4. The van der Waals surface area contributed by atoms with E-state index in [4.69, 9.17) is 4.42 Å². The molecule has 3 aromatic rings. The lowest BCUT2D eigenvalue weighted by atomic mass is 10.2. The largest absolute Gasteiger partial charge is 0.468 e. The van der Waals surface area contributed by atoms with E-state index in [0.717, 1.165) is 31.7 Å². The van der Waals surface area contributed by atoms with Crippen molar-refractivity contribution in [3.8, 4) is 0 Å². The van der Waals surface area contributed by atoms with Crippen molar-refractivity contribution in [2.75, 3.05) is 25.0 Å². The summed E-state index contributed by atoms with van der Waals surface area (Å²) in [6.07, 6.45) is -0.749. The molecule has 0 spiro atoms. The first-order valence-electron chi connectivity index (χ1n) is 8.33. The van der Waals surface area contributed by atoms with Crippen molar-refractivity contribution in [3.05, 3.63) is 42.1 Å². The third kappa shape index (κ3) is 3.24. The van der Waals surface area contributed by atoms with Gasteiger partial charge in [-0.15, -0.1) is 15.3 Å². The SMILES string of the molecule is FC(F)(F)c1nnc2ccc(NC[C@@H](c3ccco3)N3CCCC3)nn12. The van der Waals surface area contributed by atoms with Crippen molar-refractivity contribution < 1.29 is 17.6 Å². The Bertz CT molecular complexity index is 870. The maximum absolute atomic E-state index is 13.0. The van der Waals surface area contributed by atoms with E-state index < -0.39 is 12.0 Å². The zero-order chi connectivity index (χ0) is 18.1. The van der Waals surface area contributed by atoms with Crippen LogP contribution < -0.4 is 5.32 Å². The van der Waals surface area contributed by atoms with Crippen LogP contribution in [-0.4, -0.2) is 44.3 Å². The van der Waals surface area contributed by atoms with Crippen molar-refractivity contribution in [2.24, 2.45) is 0 Å². The van der Waals surface area contributed by atoms with Gasteiger partial charge in [0.05, 0.1) is 12.3 Å². The number of rotatable bonds is 5. The third-order valence-electron chi connectivity index (χ3n) is 4.45. The van der Waals surface area contributed by atoms with Gasteiger partial charge in [0, 0.05) is 6.54 Å². The molecule has 0 unspecified atom stereocenters. The van der Waals surface area contributed by atoms with Crippen molar-refractivity contribution >= 4 is 11.5 Å². The fourth-order valence-corrected chi connectivity index (χ4v) is 3.20. The summed E-state index contributed by atoms with van der Waals surface area (Å²) in [5.41, 5.74) is 0.0463. The van der Waals surface area contributed by atoms with E-state index in [2.05, 4.69) is 25.5 Å². The Hall–Kier alpha value is -2.62. The van der Waals surface area contributed by atoms with Crippen LogP contribution in [0.2, 0.25) is 0 Å². The smallest absolute Gasteiger partial charge is 0.453 e. The molecule has 1 fully saturated rings. The molecule has 26 heavy (non-hydrogen) atoms. The Morgan fingerprint density at radius 3 is 2.65 bits per heavy atom. The fraction of sp³-hybridized carbons (Fsp3) is 0.438. The highest BCUT2D eigenvalue weighted by Gasteiger charge is 2.37. The first-order chi connectivity index (χ1) is 12.5. The first kappa shape index (κ1) is 16.8.